The molecule has 0 unspecified atom stereocenters. The molecule has 0 saturated carbocycles. The maximum Gasteiger partial charge on any atom is 0.342 e. The van der Waals surface area contributed by atoms with Crippen molar-refractivity contribution in [2.24, 2.45) is 10.7 Å². The number of halogens is 1. The van der Waals surface area contributed by atoms with Crippen LogP contribution in [0.1, 0.15) is 5.82 Å². The summed E-state index contributed by atoms with van der Waals surface area (Å²) in [5.41, 5.74) is 5.22. The third kappa shape index (κ3) is 3.96. The molecule has 2 N–H and O–H groups in total. The predicted octanol–water partition coefficient (Wildman–Crippen LogP) is 0.962. The van der Waals surface area contributed by atoms with E-state index in [1.807, 2.05) is 0 Å². The maximum absolute atomic E-state index is 10.6. The fourth-order valence-electron chi connectivity index (χ4n) is 1.14. The van der Waals surface area contributed by atoms with Crippen molar-refractivity contribution in [3.8, 4) is 0 Å². The quantitative estimate of drug-likeness (QED) is 0.209. The van der Waals surface area contributed by atoms with Gasteiger partial charge in [0.25, 0.3) is 0 Å². The van der Waals surface area contributed by atoms with Crippen molar-refractivity contribution in [3.63, 3.8) is 0 Å². The van der Waals surface area contributed by atoms with Crippen LogP contribution >= 0.6 is 36.6 Å². The van der Waals surface area contributed by atoms with E-state index in [1.54, 1.807) is 6.92 Å². The summed E-state index contributed by atoms with van der Waals surface area (Å²) in [4.78, 5) is 17.8. The predicted molar refractivity (Wildman–Crippen MR) is 74.5 cm³/mol. The minimum atomic E-state index is -0.478. The van der Waals surface area contributed by atoms with Gasteiger partial charge in [0.15, 0.2) is 11.0 Å². The Bertz CT molecular complexity index is 401. The smallest absolute Gasteiger partial charge is 0.342 e. The topological polar surface area (TPSA) is 99.3 Å². The van der Waals surface area contributed by atoms with Crippen LogP contribution in [0, 0.1) is 17.0 Å². The molecule has 0 saturated heterocycles. The van der Waals surface area contributed by atoms with E-state index in [2.05, 4.69) is 22.6 Å². The molecule has 0 fully saturated rings. The van der Waals surface area contributed by atoms with Crippen LogP contribution in [0.15, 0.2) is 11.2 Å². The Labute approximate surface area is 115 Å². The second-order valence-electron chi connectivity index (χ2n) is 2.81. The van der Waals surface area contributed by atoms with Gasteiger partial charge in [0.05, 0.1) is 6.54 Å². The lowest BCUT2D eigenvalue weighted by atomic mass is 10.5. The van der Waals surface area contributed by atoms with E-state index >= 15 is 0 Å². The average molecular weight is 357 g/mol. The highest BCUT2D eigenvalue weighted by atomic mass is 127. The molecule has 0 bridgehead atoms. The first kappa shape index (κ1) is 15.2. The summed E-state index contributed by atoms with van der Waals surface area (Å²) >= 11 is 3.79. The average Bonchev–Trinajstić information content (AvgIpc) is 2.47. The van der Waals surface area contributed by atoms with Crippen LogP contribution in [0.2, 0.25) is 0 Å². The highest BCUT2D eigenvalue weighted by Crippen LogP contribution is 2.12. The van der Waals surface area contributed by atoms with Crippen molar-refractivity contribution >= 4 is 47.6 Å². The molecule has 7 nitrogen and oxygen atoms in total. The Kier molecular flexibility index (Phi) is 6.33. The summed E-state index contributed by atoms with van der Waals surface area (Å²) < 4.78 is 1.47. The van der Waals surface area contributed by atoms with E-state index in [1.165, 1.54) is 10.8 Å². The maximum atomic E-state index is 10.6. The SMILES string of the molecule is Cc1ncc([N+](=O)[O-])n1CCN=C(N)S.I. The second kappa shape index (κ2) is 6.68. The van der Waals surface area contributed by atoms with Gasteiger partial charge in [-0.15, -0.1) is 36.6 Å². The Morgan fingerprint density at radius 3 is 2.94 bits per heavy atom. The van der Waals surface area contributed by atoms with Gasteiger partial charge in [-0.05, 0) is 4.92 Å². The molecule has 0 atom stereocenters. The Balaban J connectivity index is 0.00000225. The zero-order valence-corrected chi connectivity index (χ0v) is 11.8. The lowest BCUT2D eigenvalue weighted by Gasteiger charge is -2.00. The molecule has 1 aromatic rings. The normalized spacial score (nSPS) is 11.0. The molecule has 16 heavy (non-hydrogen) atoms. The van der Waals surface area contributed by atoms with Gasteiger partial charge in [-0.1, -0.05) is 0 Å². The van der Waals surface area contributed by atoms with Gasteiger partial charge < -0.3 is 15.8 Å². The molecular weight excluding hydrogens is 345 g/mol. The van der Waals surface area contributed by atoms with Crippen molar-refractivity contribution in [2.45, 2.75) is 13.5 Å². The van der Waals surface area contributed by atoms with E-state index in [9.17, 15) is 10.1 Å². The van der Waals surface area contributed by atoms with Gasteiger partial charge in [-0.2, -0.15) is 0 Å². The number of thiol groups is 1. The van der Waals surface area contributed by atoms with E-state index in [-0.39, 0.29) is 35.0 Å². The number of amidine groups is 1. The van der Waals surface area contributed by atoms with Crippen molar-refractivity contribution in [1.29, 1.82) is 0 Å². The Hall–Kier alpha value is -0.840. The molecule has 0 aromatic carbocycles. The lowest BCUT2D eigenvalue weighted by Crippen LogP contribution is -2.10. The fraction of sp³-hybridized carbons (Fsp3) is 0.429. The standard InChI is InChI=1S/C7H11N5O2S.HI/c1-5-10-4-6(12(13)14)11(5)3-2-9-7(8)15;/h4H,2-3H2,1H3,(H3,8,9,15);1H. The summed E-state index contributed by atoms with van der Waals surface area (Å²) in [5, 5.41) is 10.8. The van der Waals surface area contributed by atoms with Gasteiger partial charge in [0, 0.05) is 6.92 Å². The minimum absolute atomic E-state index is 0. The summed E-state index contributed by atoms with van der Waals surface area (Å²) in [5.74, 6) is 0.537. The van der Waals surface area contributed by atoms with Crippen LogP contribution in [0.3, 0.4) is 0 Å². The number of hydrogen-bond donors (Lipinski definition) is 2. The zero-order valence-electron chi connectivity index (χ0n) is 8.53. The molecule has 0 spiro atoms. The number of aromatic nitrogens is 2. The van der Waals surface area contributed by atoms with Gasteiger partial charge in [0.1, 0.15) is 12.7 Å². The van der Waals surface area contributed by atoms with Crippen molar-refractivity contribution in [1.82, 2.24) is 9.55 Å². The number of nitro groups is 1. The summed E-state index contributed by atoms with van der Waals surface area (Å²) in [7, 11) is 0. The van der Waals surface area contributed by atoms with Crippen molar-refractivity contribution < 1.29 is 4.92 Å². The summed E-state index contributed by atoms with van der Waals surface area (Å²) in [6, 6.07) is 0. The molecule has 0 aliphatic heterocycles. The van der Waals surface area contributed by atoms with Gasteiger partial charge >= 0.3 is 5.82 Å². The van der Waals surface area contributed by atoms with E-state index in [0.717, 1.165) is 0 Å². The van der Waals surface area contributed by atoms with Gasteiger partial charge in [-0.25, -0.2) is 9.55 Å². The zero-order chi connectivity index (χ0) is 11.4. The molecule has 90 valence electrons. The van der Waals surface area contributed by atoms with Gasteiger partial charge in [-0.3, -0.25) is 4.99 Å². The number of imidazole rings is 1. The van der Waals surface area contributed by atoms with Crippen LogP contribution in [-0.2, 0) is 6.54 Å². The molecule has 1 aromatic heterocycles. The number of aryl methyl sites for hydroxylation is 1. The van der Waals surface area contributed by atoms with E-state index in [4.69, 9.17) is 5.73 Å². The first-order valence-electron chi connectivity index (χ1n) is 4.17. The molecule has 1 heterocycles. The van der Waals surface area contributed by atoms with Crippen LogP contribution in [0.4, 0.5) is 5.82 Å². The summed E-state index contributed by atoms with van der Waals surface area (Å²) in [6.45, 7) is 2.40. The van der Waals surface area contributed by atoms with Crippen LogP contribution < -0.4 is 5.73 Å². The van der Waals surface area contributed by atoms with Gasteiger partial charge in [0.2, 0.25) is 0 Å². The highest BCUT2D eigenvalue weighted by molar-refractivity contribution is 14.0. The molecule has 0 radical (unpaired) electrons. The largest absolute Gasteiger partial charge is 0.379 e. The minimum Gasteiger partial charge on any atom is -0.379 e. The van der Waals surface area contributed by atoms with Crippen molar-refractivity contribution in [2.75, 3.05) is 6.54 Å². The van der Waals surface area contributed by atoms with Crippen LogP contribution in [0.25, 0.3) is 0 Å². The molecule has 0 aliphatic rings. The third-order valence-corrected chi connectivity index (χ3v) is 1.96. The fourth-order valence-corrected chi connectivity index (χ4v) is 1.24. The molecule has 1 rings (SSSR count). The Morgan fingerprint density at radius 2 is 2.44 bits per heavy atom. The Morgan fingerprint density at radius 1 is 1.81 bits per heavy atom. The highest BCUT2D eigenvalue weighted by Gasteiger charge is 2.16. The number of hydrogen-bond acceptors (Lipinski definition) is 4. The number of aliphatic imine (C=N–C) groups is 1. The van der Waals surface area contributed by atoms with Crippen LogP contribution in [-0.4, -0.2) is 26.2 Å². The van der Waals surface area contributed by atoms with E-state index in [0.29, 0.717) is 18.9 Å². The molecule has 0 amide bonds. The number of rotatable bonds is 4. The van der Waals surface area contributed by atoms with E-state index < -0.39 is 4.92 Å². The van der Waals surface area contributed by atoms with Crippen molar-refractivity contribution in [3.05, 3.63) is 22.1 Å². The monoisotopic (exact) mass is 357 g/mol. The molecule has 9 heteroatoms. The van der Waals surface area contributed by atoms with Crippen LogP contribution in [0.5, 0.6) is 0 Å². The number of nitrogens with zero attached hydrogens (tertiary/aromatic N) is 4. The second-order valence-corrected chi connectivity index (χ2v) is 3.27. The third-order valence-electron chi connectivity index (χ3n) is 1.82. The molecular formula is C7H12IN5O2S. The first-order chi connectivity index (χ1) is 7.02. The number of nitrogens with two attached hydrogens (primary N) is 1. The molecule has 0 aliphatic carbocycles. The lowest BCUT2D eigenvalue weighted by molar-refractivity contribution is -0.392. The summed E-state index contributed by atoms with van der Waals surface area (Å²) in [6.07, 6.45) is 1.23. The first-order valence-corrected chi connectivity index (χ1v) is 4.62.